The lowest BCUT2D eigenvalue weighted by Gasteiger charge is -2.23. The third-order valence-electron chi connectivity index (χ3n) is 6.32. The second-order valence-corrected chi connectivity index (χ2v) is 9.55. The Bertz CT molecular complexity index is 1350. The van der Waals surface area contributed by atoms with Crippen molar-refractivity contribution in [1.29, 1.82) is 0 Å². The van der Waals surface area contributed by atoms with Gasteiger partial charge in [-0.1, -0.05) is 18.2 Å². The number of H-pyrrole nitrogens is 2. The molecule has 0 bridgehead atoms. The lowest BCUT2D eigenvalue weighted by Crippen LogP contribution is -2.26. The Hall–Kier alpha value is -2.89. The van der Waals surface area contributed by atoms with E-state index in [1.54, 1.807) is 0 Å². The summed E-state index contributed by atoms with van der Waals surface area (Å²) >= 11 is 1.84. The van der Waals surface area contributed by atoms with Gasteiger partial charge in [0.25, 0.3) is 0 Å². The van der Waals surface area contributed by atoms with E-state index in [1.807, 2.05) is 11.3 Å². The molecule has 2 aromatic carbocycles. The fourth-order valence-corrected chi connectivity index (χ4v) is 5.63. The van der Waals surface area contributed by atoms with E-state index in [9.17, 15) is 0 Å². The molecule has 5 heteroatoms. The molecule has 4 nitrogen and oxygen atoms in total. The van der Waals surface area contributed by atoms with Crippen molar-refractivity contribution in [2.75, 3.05) is 13.1 Å². The van der Waals surface area contributed by atoms with Crippen LogP contribution in [0.4, 0.5) is 0 Å². The van der Waals surface area contributed by atoms with Crippen LogP contribution in [-0.2, 0) is 0 Å². The van der Waals surface area contributed by atoms with Crippen molar-refractivity contribution in [1.82, 2.24) is 20.5 Å². The first-order valence-corrected chi connectivity index (χ1v) is 11.5. The fourth-order valence-electron chi connectivity index (χ4n) is 4.72. The molecule has 1 aliphatic heterocycles. The molecule has 3 N–H and O–H groups in total. The Balaban J connectivity index is 1.47. The third kappa shape index (κ3) is 2.97. The van der Waals surface area contributed by atoms with Crippen molar-refractivity contribution in [3.63, 3.8) is 0 Å². The van der Waals surface area contributed by atoms with Crippen molar-refractivity contribution < 1.29 is 0 Å². The Morgan fingerprint density at radius 1 is 0.933 bits per heavy atom. The first-order valence-electron chi connectivity index (χ1n) is 10.6. The molecular weight excluding hydrogens is 388 g/mol. The van der Waals surface area contributed by atoms with Crippen molar-refractivity contribution in [3.8, 4) is 21.8 Å². The van der Waals surface area contributed by atoms with Crippen molar-refractivity contribution >= 4 is 33.1 Å². The number of hydrogen-bond donors (Lipinski definition) is 3. The highest BCUT2D eigenvalue weighted by atomic mass is 32.1. The highest BCUT2D eigenvalue weighted by Gasteiger charge is 2.18. The lowest BCUT2D eigenvalue weighted by atomic mass is 9.89. The summed E-state index contributed by atoms with van der Waals surface area (Å²) in [7, 11) is 0. The number of aromatic nitrogens is 3. The molecule has 0 spiro atoms. The lowest BCUT2D eigenvalue weighted by molar-refractivity contribution is 0.460. The average Bonchev–Trinajstić information content (AvgIpc) is 3.51. The molecule has 1 saturated heterocycles. The number of rotatable bonds is 3. The maximum atomic E-state index is 4.69. The van der Waals surface area contributed by atoms with E-state index in [0.29, 0.717) is 5.92 Å². The SMILES string of the molecule is Cc1ccc(-c2cccc3[nH]c(-c4n[nH]c5ccc(C6CCNCC6)cc45)cc23)s1. The quantitative estimate of drug-likeness (QED) is 0.330. The summed E-state index contributed by atoms with van der Waals surface area (Å²) in [6.45, 7) is 4.37. The zero-order valence-electron chi connectivity index (χ0n) is 17.0. The topological polar surface area (TPSA) is 56.5 Å². The number of fused-ring (bicyclic) bond motifs is 2. The molecule has 0 amide bonds. The predicted octanol–water partition coefficient (Wildman–Crippen LogP) is 6.22. The molecule has 1 aliphatic rings. The highest BCUT2D eigenvalue weighted by Crippen LogP contribution is 2.37. The molecule has 0 saturated carbocycles. The maximum absolute atomic E-state index is 4.69. The van der Waals surface area contributed by atoms with Gasteiger partial charge in [-0.2, -0.15) is 5.10 Å². The van der Waals surface area contributed by atoms with Crippen LogP contribution in [0.25, 0.3) is 43.6 Å². The third-order valence-corrected chi connectivity index (χ3v) is 7.36. The summed E-state index contributed by atoms with van der Waals surface area (Å²) in [6, 6.07) is 20.0. The van der Waals surface area contributed by atoms with Gasteiger partial charge in [0.15, 0.2) is 0 Å². The molecular formula is C25H24N4S. The van der Waals surface area contributed by atoms with Crippen molar-refractivity contribution in [2.24, 2.45) is 0 Å². The number of hydrogen-bond acceptors (Lipinski definition) is 3. The van der Waals surface area contributed by atoms with Crippen LogP contribution in [0.1, 0.15) is 29.2 Å². The molecule has 150 valence electrons. The van der Waals surface area contributed by atoms with Crippen LogP contribution in [0.2, 0.25) is 0 Å². The maximum Gasteiger partial charge on any atom is 0.116 e. The Morgan fingerprint density at radius 2 is 1.83 bits per heavy atom. The Kier molecular flexibility index (Phi) is 4.25. The highest BCUT2D eigenvalue weighted by molar-refractivity contribution is 7.15. The zero-order chi connectivity index (χ0) is 20.1. The molecule has 0 unspecified atom stereocenters. The van der Waals surface area contributed by atoms with Crippen LogP contribution in [0, 0.1) is 6.92 Å². The van der Waals surface area contributed by atoms with Gasteiger partial charge in [0.05, 0.1) is 11.2 Å². The van der Waals surface area contributed by atoms with Crippen LogP contribution in [0.15, 0.2) is 54.6 Å². The molecule has 0 aliphatic carbocycles. The standard InChI is InChI=1S/C25H24N4S/c1-15-5-8-24(30-15)18-3-2-4-21-19(18)14-23(27-21)25-20-13-17(6-7-22(20)28-29-25)16-9-11-26-12-10-16/h2-8,13-14,16,26-27H,9-12H2,1H3,(H,28,29). The van der Waals surface area contributed by atoms with E-state index in [4.69, 9.17) is 0 Å². The van der Waals surface area contributed by atoms with Crippen molar-refractivity contribution in [3.05, 3.63) is 65.0 Å². The molecule has 4 heterocycles. The molecule has 3 aromatic heterocycles. The number of piperidine rings is 1. The largest absolute Gasteiger partial charge is 0.353 e. The van der Waals surface area contributed by atoms with Crippen LogP contribution >= 0.6 is 11.3 Å². The van der Waals surface area contributed by atoms with Gasteiger partial charge in [0, 0.05) is 31.6 Å². The van der Waals surface area contributed by atoms with Crippen LogP contribution in [0.3, 0.4) is 0 Å². The molecule has 1 fully saturated rings. The fraction of sp³-hybridized carbons (Fsp3) is 0.240. The average molecular weight is 413 g/mol. The van der Waals surface area contributed by atoms with E-state index in [1.165, 1.54) is 44.5 Å². The number of aromatic amines is 2. The summed E-state index contributed by atoms with van der Waals surface area (Å²) < 4.78 is 0. The monoisotopic (exact) mass is 412 g/mol. The first-order chi connectivity index (χ1) is 14.8. The van der Waals surface area contributed by atoms with Gasteiger partial charge in [-0.15, -0.1) is 11.3 Å². The Morgan fingerprint density at radius 3 is 2.67 bits per heavy atom. The van der Waals surface area contributed by atoms with Gasteiger partial charge in [-0.3, -0.25) is 5.10 Å². The molecule has 5 aromatic rings. The summed E-state index contributed by atoms with van der Waals surface area (Å²) in [4.78, 5) is 6.26. The summed E-state index contributed by atoms with van der Waals surface area (Å²) in [5, 5.41) is 13.8. The number of aryl methyl sites for hydroxylation is 1. The summed E-state index contributed by atoms with van der Waals surface area (Å²) in [6.07, 6.45) is 2.41. The van der Waals surface area contributed by atoms with Crippen LogP contribution in [-0.4, -0.2) is 28.3 Å². The predicted molar refractivity (Wildman–Crippen MR) is 126 cm³/mol. The second kappa shape index (κ2) is 7.11. The number of nitrogens with one attached hydrogen (secondary N) is 3. The van der Waals surface area contributed by atoms with Gasteiger partial charge in [-0.05, 0) is 80.7 Å². The number of nitrogens with zero attached hydrogens (tertiary/aromatic N) is 1. The van der Waals surface area contributed by atoms with Gasteiger partial charge < -0.3 is 10.3 Å². The minimum absolute atomic E-state index is 0.634. The number of benzene rings is 2. The minimum Gasteiger partial charge on any atom is -0.353 e. The van der Waals surface area contributed by atoms with E-state index in [0.717, 1.165) is 35.5 Å². The zero-order valence-corrected chi connectivity index (χ0v) is 17.8. The first kappa shape index (κ1) is 17.9. The minimum atomic E-state index is 0.634. The van der Waals surface area contributed by atoms with Gasteiger partial charge in [0.1, 0.15) is 5.69 Å². The van der Waals surface area contributed by atoms with Gasteiger partial charge >= 0.3 is 0 Å². The Labute approximate surface area is 179 Å². The van der Waals surface area contributed by atoms with Crippen LogP contribution < -0.4 is 5.32 Å². The second-order valence-electron chi connectivity index (χ2n) is 8.26. The van der Waals surface area contributed by atoms with E-state index in [-0.39, 0.29) is 0 Å². The smallest absolute Gasteiger partial charge is 0.116 e. The van der Waals surface area contributed by atoms with E-state index >= 15 is 0 Å². The normalized spacial score (nSPS) is 15.4. The molecule has 0 radical (unpaired) electrons. The van der Waals surface area contributed by atoms with E-state index in [2.05, 4.69) is 82.0 Å². The molecule has 30 heavy (non-hydrogen) atoms. The van der Waals surface area contributed by atoms with E-state index < -0.39 is 0 Å². The number of thiophene rings is 1. The van der Waals surface area contributed by atoms with Crippen molar-refractivity contribution in [2.45, 2.75) is 25.7 Å². The van der Waals surface area contributed by atoms with Gasteiger partial charge in [-0.25, -0.2) is 0 Å². The molecule has 0 atom stereocenters. The van der Waals surface area contributed by atoms with Crippen LogP contribution in [0.5, 0.6) is 0 Å². The summed E-state index contributed by atoms with van der Waals surface area (Å²) in [5.74, 6) is 0.634. The van der Waals surface area contributed by atoms with Gasteiger partial charge in [0.2, 0.25) is 0 Å². The summed E-state index contributed by atoms with van der Waals surface area (Å²) in [5.41, 5.74) is 7.03. The molecule has 6 rings (SSSR count).